The molecule has 35 heavy (non-hydrogen) atoms. The van der Waals surface area contributed by atoms with Crippen molar-refractivity contribution in [2.45, 2.75) is 26.3 Å². The number of carbonyl (C=O) groups excluding carboxylic acids is 1. The van der Waals surface area contributed by atoms with E-state index in [0.29, 0.717) is 44.8 Å². The van der Waals surface area contributed by atoms with Crippen molar-refractivity contribution in [2.24, 2.45) is 0 Å². The first-order valence-electron chi connectivity index (χ1n) is 12.1. The fourth-order valence-electron chi connectivity index (χ4n) is 4.28. The fourth-order valence-corrected chi connectivity index (χ4v) is 4.28. The molecule has 2 aromatic carbocycles. The van der Waals surface area contributed by atoms with Crippen molar-refractivity contribution >= 4 is 11.6 Å². The number of aryl methyl sites for hydroxylation is 1. The lowest BCUT2D eigenvalue weighted by Crippen LogP contribution is -2.48. The summed E-state index contributed by atoms with van der Waals surface area (Å²) in [5, 5.41) is 4.51. The van der Waals surface area contributed by atoms with Crippen molar-refractivity contribution in [1.82, 2.24) is 14.7 Å². The van der Waals surface area contributed by atoms with Crippen molar-refractivity contribution in [3.8, 4) is 22.8 Å². The number of piperazine rings is 1. The van der Waals surface area contributed by atoms with E-state index in [-0.39, 0.29) is 11.5 Å². The average Bonchev–Trinajstić information content (AvgIpc) is 2.90. The maximum absolute atomic E-state index is 12.8. The normalized spacial score (nSPS) is 13.5. The Kier molecular flexibility index (Phi) is 8.03. The second kappa shape index (κ2) is 11.6. The minimum atomic E-state index is -0.169. The van der Waals surface area contributed by atoms with Crippen molar-refractivity contribution < 1.29 is 14.3 Å². The van der Waals surface area contributed by atoms with Crippen molar-refractivity contribution in [2.75, 3.05) is 44.8 Å². The third-order valence-electron chi connectivity index (χ3n) is 6.15. The molecule has 0 bridgehead atoms. The Balaban J connectivity index is 1.29. The van der Waals surface area contributed by atoms with Crippen LogP contribution in [0.1, 0.15) is 19.8 Å². The number of benzene rings is 2. The molecule has 0 N–H and O–H groups in total. The van der Waals surface area contributed by atoms with E-state index in [2.05, 4.69) is 10.00 Å². The lowest BCUT2D eigenvalue weighted by molar-refractivity contribution is -0.131. The quantitative estimate of drug-likeness (QED) is 0.471. The number of nitrogens with zero attached hydrogens (tertiary/aromatic N) is 4. The number of anilines is 1. The van der Waals surface area contributed by atoms with Gasteiger partial charge in [-0.1, -0.05) is 12.1 Å². The monoisotopic (exact) mass is 476 g/mol. The van der Waals surface area contributed by atoms with Gasteiger partial charge in [-0.3, -0.25) is 9.59 Å². The molecule has 0 aliphatic carbocycles. The van der Waals surface area contributed by atoms with E-state index in [1.165, 1.54) is 10.7 Å². The Morgan fingerprint density at radius 1 is 0.971 bits per heavy atom. The molecule has 1 aromatic heterocycles. The molecule has 2 heterocycles. The summed E-state index contributed by atoms with van der Waals surface area (Å²) in [7, 11) is 1.67. The van der Waals surface area contributed by atoms with Crippen molar-refractivity contribution in [3.05, 3.63) is 71.0 Å². The molecule has 1 fully saturated rings. The molecule has 3 aromatic rings. The van der Waals surface area contributed by atoms with Gasteiger partial charge in [0.05, 0.1) is 25.1 Å². The highest BCUT2D eigenvalue weighted by Gasteiger charge is 2.22. The third-order valence-corrected chi connectivity index (χ3v) is 6.15. The molecule has 0 unspecified atom stereocenters. The standard InChI is InChI=1S/C27H32N4O4/c1-3-35-22-12-10-21(11-13-22)23-14-15-27(33)31(28-23)16-6-9-26(32)30-19-17-29(18-20-30)24-7-4-5-8-25(24)34-2/h4-5,7-8,10-15H,3,6,9,16-20H2,1-2H3. The molecule has 1 saturated heterocycles. The van der Waals surface area contributed by atoms with E-state index in [0.717, 1.165) is 35.8 Å². The van der Waals surface area contributed by atoms with Gasteiger partial charge in [0.15, 0.2) is 0 Å². The molecule has 1 aliphatic heterocycles. The summed E-state index contributed by atoms with van der Waals surface area (Å²) < 4.78 is 12.4. The van der Waals surface area contributed by atoms with Crippen LogP contribution in [0.2, 0.25) is 0 Å². The molecule has 8 nitrogen and oxygen atoms in total. The summed E-state index contributed by atoms with van der Waals surface area (Å²) in [5.41, 5.74) is 2.51. The van der Waals surface area contributed by atoms with Crippen LogP contribution in [0.5, 0.6) is 11.5 Å². The zero-order valence-corrected chi connectivity index (χ0v) is 20.4. The van der Waals surface area contributed by atoms with Gasteiger partial charge in [0.25, 0.3) is 5.56 Å². The second-order valence-corrected chi connectivity index (χ2v) is 8.38. The van der Waals surface area contributed by atoms with Gasteiger partial charge in [-0.2, -0.15) is 5.10 Å². The second-order valence-electron chi connectivity index (χ2n) is 8.38. The first kappa shape index (κ1) is 24.3. The van der Waals surface area contributed by atoms with E-state index in [4.69, 9.17) is 9.47 Å². The summed E-state index contributed by atoms with van der Waals surface area (Å²) in [4.78, 5) is 29.2. The van der Waals surface area contributed by atoms with Crippen LogP contribution in [0.25, 0.3) is 11.3 Å². The Morgan fingerprint density at radius 2 is 1.71 bits per heavy atom. The van der Waals surface area contributed by atoms with Gasteiger partial charge in [0, 0.05) is 50.8 Å². The highest BCUT2D eigenvalue weighted by molar-refractivity contribution is 5.76. The molecule has 184 valence electrons. The molecule has 1 amide bonds. The number of carbonyl (C=O) groups is 1. The Morgan fingerprint density at radius 3 is 2.43 bits per heavy atom. The summed E-state index contributed by atoms with van der Waals surface area (Å²) in [6.07, 6.45) is 0.946. The molecular formula is C27H32N4O4. The highest BCUT2D eigenvalue weighted by Crippen LogP contribution is 2.28. The molecule has 0 spiro atoms. The van der Waals surface area contributed by atoms with E-state index in [1.807, 2.05) is 60.4 Å². The van der Waals surface area contributed by atoms with Gasteiger partial charge in [0.2, 0.25) is 5.91 Å². The Hall–Kier alpha value is -3.81. The minimum absolute atomic E-state index is 0.111. The topological polar surface area (TPSA) is 76.9 Å². The maximum Gasteiger partial charge on any atom is 0.266 e. The van der Waals surface area contributed by atoms with Gasteiger partial charge >= 0.3 is 0 Å². The number of hydrogen-bond acceptors (Lipinski definition) is 6. The maximum atomic E-state index is 12.8. The fraction of sp³-hybridized carbons (Fsp3) is 0.370. The van der Waals surface area contributed by atoms with Crippen molar-refractivity contribution in [1.29, 1.82) is 0 Å². The smallest absolute Gasteiger partial charge is 0.266 e. The number of hydrogen-bond donors (Lipinski definition) is 0. The largest absolute Gasteiger partial charge is 0.495 e. The van der Waals surface area contributed by atoms with Crippen LogP contribution in [0.3, 0.4) is 0 Å². The minimum Gasteiger partial charge on any atom is -0.495 e. The van der Waals surface area contributed by atoms with Crippen molar-refractivity contribution in [3.63, 3.8) is 0 Å². The van der Waals surface area contributed by atoms with E-state index in [1.54, 1.807) is 13.2 Å². The van der Waals surface area contributed by atoms with E-state index in [9.17, 15) is 9.59 Å². The number of amides is 1. The molecule has 0 radical (unpaired) electrons. The summed E-state index contributed by atoms with van der Waals surface area (Å²) >= 11 is 0. The molecule has 8 heteroatoms. The first-order chi connectivity index (χ1) is 17.1. The number of methoxy groups -OCH3 is 1. The average molecular weight is 477 g/mol. The van der Waals surface area contributed by atoms with Crippen LogP contribution in [-0.4, -0.2) is 60.5 Å². The molecular weight excluding hydrogens is 444 g/mol. The van der Waals surface area contributed by atoms with Gasteiger partial charge < -0.3 is 19.3 Å². The van der Waals surface area contributed by atoms with Gasteiger partial charge in [-0.25, -0.2) is 4.68 Å². The highest BCUT2D eigenvalue weighted by atomic mass is 16.5. The predicted molar refractivity (Wildman–Crippen MR) is 136 cm³/mol. The van der Waals surface area contributed by atoms with Crippen LogP contribution >= 0.6 is 0 Å². The molecule has 4 rings (SSSR count). The van der Waals surface area contributed by atoms with Gasteiger partial charge in [-0.15, -0.1) is 0 Å². The van der Waals surface area contributed by atoms with Crippen LogP contribution in [0.4, 0.5) is 5.69 Å². The lowest BCUT2D eigenvalue weighted by Gasteiger charge is -2.36. The van der Waals surface area contributed by atoms with Gasteiger partial charge in [-0.05, 0) is 55.8 Å². The molecule has 0 saturated carbocycles. The van der Waals surface area contributed by atoms with Gasteiger partial charge in [0.1, 0.15) is 11.5 Å². The summed E-state index contributed by atoms with van der Waals surface area (Å²) in [6, 6.07) is 18.8. The number of aromatic nitrogens is 2. The zero-order valence-electron chi connectivity index (χ0n) is 20.4. The number of rotatable bonds is 9. The zero-order chi connectivity index (χ0) is 24.6. The first-order valence-corrected chi connectivity index (χ1v) is 12.1. The number of para-hydroxylation sites is 2. The van der Waals surface area contributed by atoms with Crippen LogP contribution in [0, 0.1) is 0 Å². The van der Waals surface area contributed by atoms with E-state index >= 15 is 0 Å². The SMILES string of the molecule is CCOc1ccc(-c2ccc(=O)n(CCCC(=O)N3CCN(c4ccccc4OC)CC3)n2)cc1. The third kappa shape index (κ3) is 6.01. The Bertz CT molecular complexity index is 1180. The predicted octanol–water partition coefficient (Wildman–Crippen LogP) is 3.45. The van der Waals surface area contributed by atoms with E-state index < -0.39 is 0 Å². The Labute approximate surface area is 205 Å². The van der Waals surface area contributed by atoms with Crippen LogP contribution < -0.4 is 19.9 Å². The molecule has 1 aliphatic rings. The summed E-state index contributed by atoms with van der Waals surface area (Å²) in [5.74, 6) is 1.75. The van der Waals surface area contributed by atoms with Crippen LogP contribution in [0.15, 0.2) is 65.5 Å². The summed E-state index contributed by atoms with van der Waals surface area (Å²) in [6.45, 7) is 5.81. The lowest BCUT2D eigenvalue weighted by atomic mass is 10.1. The van der Waals surface area contributed by atoms with Crippen LogP contribution in [-0.2, 0) is 11.3 Å². The number of ether oxygens (including phenoxy) is 2. The molecule has 0 atom stereocenters.